The maximum atomic E-state index is 11.3. The van der Waals surface area contributed by atoms with Gasteiger partial charge in [0, 0.05) is 0 Å². The van der Waals surface area contributed by atoms with E-state index in [0.29, 0.717) is 0 Å². The maximum Gasteiger partial charge on any atom is 0.632 e. The van der Waals surface area contributed by atoms with E-state index in [0.717, 1.165) is 0 Å². The molecule has 0 aliphatic heterocycles. The van der Waals surface area contributed by atoms with Crippen LogP contribution in [-0.2, 0) is 5.11 Å². The predicted octanol–water partition coefficient (Wildman–Crippen LogP) is -0.406. The van der Waals surface area contributed by atoms with Gasteiger partial charge < -0.3 is 0 Å². The van der Waals surface area contributed by atoms with Gasteiger partial charge in [-0.2, -0.15) is 0 Å². The molecule has 0 saturated heterocycles. The van der Waals surface area contributed by atoms with Gasteiger partial charge in [-0.25, -0.2) is 4.39 Å². The Kier molecular flexibility index (Phi) is 2.19. The molecule has 0 spiro atoms. The standard InChI is InChI=1S/C2H2FN2O5/c3-1-2(6,4(7)8)5(9)10/h1H2. The lowest BCUT2D eigenvalue weighted by molar-refractivity contribution is -0.857. The molecule has 0 atom stereocenters. The molecule has 7 nitrogen and oxygen atoms in total. The van der Waals surface area contributed by atoms with Gasteiger partial charge in [-0.1, -0.05) is 5.11 Å². The van der Waals surface area contributed by atoms with Gasteiger partial charge in [-0.15, -0.1) is 0 Å². The van der Waals surface area contributed by atoms with Crippen LogP contribution >= 0.6 is 0 Å². The Bertz CT molecular complexity index is 155. The number of hydrogen-bond acceptors (Lipinski definition) is 4. The van der Waals surface area contributed by atoms with E-state index in [9.17, 15) is 29.7 Å². The molecule has 0 fully saturated rings. The highest BCUT2D eigenvalue weighted by molar-refractivity contribution is 4.44. The van der Waals surface area contributed by atoms with E-state index in [4.69, 9.17) is 0 Å². The van der Waals surface area contributed by atoms with E-state index in [1.54, 1.807) is 0 Å². The molecule has 0 saturated carbocycles. The lowest BCUT2D eigenvalue weighted by Gasteiger charge is -2.01. The first-order chi connectivity index (χ1) is 4.45. The second kappa shape index (κ2) is 2.52. The number of alkyl halides is 1. The number of hydrogen-bond donors (Lipinski definition) is 0. The summed E-state index contributed by atoms with van der Waals surface area (Å²) in [4.78, 5) is 15.4. The third-order valence-corrected chi connectivity index (χ3v) is 0.745. The quantitative estimate of drug-likeness (QED) is 0.312. The Morgan fingerprint density at radius 3 is 1.60 bits per heavy atom. The molecular weight excluding hydrogens is 151 g/mol. The van der Waals surface area contributed by atoms with Gasteiger partial charge in [0.25, 0.3) is 6.67 Å². The molecule has 0 rings (SSSR count). The van der Waals surface area contributed by atoms with Crippen molar-refractivity contribution in [2.24, 2.45) is 0 Å². The second-order valence-corrected chi connectivity index (χ2v) is 1.39. The van der Waals surface area contributed by atoms with Crippen LogP contribution in [0.5, 0.6) is 0 Å². The van der Waals surface area contributed by atoms with Gasteiger partial charge in [0.05, 0.1) is 0 Å². The molecule has 10 heavy (non-hydrogen) atoms. The summed E-state index contributed by atoms with van der Waals surface area (Å²) < 4.78 is 11.3. The molecule has 0 heterocycles. The van der Waals surface area contributed by atoms with Crippen LogP contribution in [0.1, 0.15) is 0 Å². The number of nitro groups is 2. The number of halogens is 1. The van der Waals surface area contributed by atoms with Gasteiger partial charge in [0.2, 0.25) is 0 Å². The molecule has 0 amide bonds. The van der Waals surface area contributed by atoms with Crippen molar-refractivity contribution >= 4 is 0 Å². The summed E-state index contributed by atoms with van der Waals surface area (Å²) in [6, 6.07) is 0. The molecule has 0 aromatic rings. The lowest BCUT2D eigenvalue weighted by Crippen LogP contribution is -2.46. The van der Waals surface area contributed by atoms with Crippen LogP contribution in [0.2, 0.25) is 0 Å². The van der Waals surface area contributed by atoms with Crippen LogP contribution < -0.4 is 0 Å². The summed E-state index contributed by atoms with van der Waals surface area (Å²) in [6.45, 7) is -2.16. The molecule has 8 heteroatoms. The number of rotatable bonds is 3. The summed E-state index contributed by atoms with van der Waals surface area (Å²) in [5, 5.41) is 29.1. The molecule has 1 radical (unpaired) electrons. The van der Waals surface area contributed by atoms with Crippen molar-refractivity contribution in [1.82, 2.24) is 0 Å². The molecule has 0 unspecified atom stereocenters. The highest BCUT2D eigenvalue weighted by Gasteiger charge is 2.58. The summed E-state index contributed by atoms with van der Waals surface area (Å²) in [6.07, 6.45) is 0. The third-order valence-electron chi connectivity index (χ3n) is 0.745. The predicted molar refractivity (Wildman–Crippen MR) is 23.4 cm³/mol. The van der Waals surface area contributed by atoms with Crippen molar-refractivity contribution in [3.63, 3.8) is 0 Å². The lowest BCUT2D eigenvalue weighted by atomic mass is 10.5. The Labute approximate surface area is 53.4 Å². The first kappa shape index (κ1) is 8.69. The van der Waals surface area contributed by atoms with E-state index in [1.807, 2.05) is 0 Å². The zero-order chi connectivity index (χ0) is 8.36. The van der Waals surface area contributed by atoms with Crippen molar-refractivity contribution in [2.75, 3.05) is 6.67 Å². The summed E-state index contributed by atoms with van der Waals surface area (Å²) >= 11 is 0. The second-order valence-electron chi connectivity index (χ2n) is 1.39. The van der Waals surface area contributed by atoms with E-state index >= 15 is 0 Å². The molecule has 0 aromatic carbocycles. The van der Waals surface area contributed by atoms with Gasteiger partial charge in [0.1, 0.15) is 9.85 Å². The molecule has 0 aromatic heterocycles. The zero-order valence-corrected chi connectivity index (χ0v) is 4.52. The van der Waals surface area contributed by atoms with Crippen molar-refractivity contribution in [2.45, 2.75) is 5.85 Å². The highest BCUT2D eigenvalue weighted by atomic mass is 19.1. The van der Waals surface area contributed by atoms with Crippen LogP contribution in [-0.4, -0.2) is 22.4 Å². The van der Waals surface area contributed by atoms with Gasteiger partial charge in [-0.3, -0.25) is 20.2 Å². The van der Waals surface area contributed by atoms with Crippen LogP contribution in [0.3, 0.4) is 0 Å². The van der Waals surface area contributed by atoms with Gasteiger partial charge in [0.15, 0.2) is 0 Å². The fourth-order valence-corrected chi connectivity index (χ4v) is 0.164. The van der Waals surface area contributed by atoms with Gasteiger partial charge >= 0.3 is 5.85 Å². The van der Waals surface area contributed by atoms with E-state index in [-0.39, 0.29) is 0 Å². The SMILES string of the molecule is [O]C(CF)([N+](=O)[O-])[N+](=O)[O-]. The smallest absolute Gasteiger partial charge is 0.256 e. The third kappa shape index (κ3) is 1.16. The van der Waals surface area contributed by atoms with Crippen LogP contribution in [0.4, 0.5) is 4.39 Å². The maximum absolute atomic E-state index is 11.3. The fourth-order valence-electron chi connectivity index (χ4n) is 0.164. The fraction of sp³-hybridized carbons (Fsp3) is 1.00. The average Bonchev–Trinajstić information content (AvgIpc) is 1.85. The minimum atomic E-state index is -3.93. The van der Waals surface area contributed by atoms with Crippen molar-refractivity contribution in [3.8, 4) is 0 Å². The Morgan fingerprint density at radius 2 is 1.60 bits per heavy atom. The topological polar surface area (TPSA) is 106 Å². The minimum absolute atomic E-state index is 1.81. The van der Waals surface area contributed by atoms with Crippen molar-refractivity contribution in [1.29, 1.82) is 0 Å². The van der Waals surface area contributed by atoms with Gasteiger partial charge in [-0.05, 0) is 0 Å². The molecule has 0 N–H and O–H groups in total. The Balaban J connectivity index is 4.55. The van der Waals surface area contributed by atoms with Crippen LogP contribution in [0.25, 0.3) is 0 Å². The molecule has 0 aliphatic rings. The molecule has 57 valence electrons. The summed E-state index contributed by atoms with van der Waals surface area (Å²) in [5.41, 5.74) is 0. The number of nitrogens with zero attached hydrogens (tertiary/aromatic N) is 2. The Hall–Kier alpha value is -1.31. The van der Waals surface area contributed by atoms with E-state index in [2.05, 4.69) is 0 Å². The normalized spacial score (nSPS) is 11.0. The monoisotopic (exact) mass is 153 g/mol. The van der Waals surface area contributed by atoms with Crippen molar-refractivity contribution in [3.05, 3.63) is 20.2 Å². The first-order valence-corrected chi connectivity index (χ1v) is 2.00. The van der Waals surface area contributed by atoms with E-state index < -0.39 is 22.4 Å². The minimum Gasteiger partial charge on any atom is -0.256 e. The average molecular weight is 153 g/mol. The zero-order valence-electron chi connectivity index (χ0n) is 4.52. The molecule has 0 aliphatic carbocycles. The highest BCUT2D eigenvalue weighted by Crippen LogP contribution is 2.07. The van der Waals surface area contributed by atoms with E-state index in [1.165, 1.54) is 0 Å². The molecular formula is C2H2FN2O5. The van der Waals surface area contributed by atoms with Crippen LogP contribution in [0.15, 0.2) is 0 Å². The Morgan fingerprint density at radius 1 is 1.30 bits per heavy atom. The summed E-state index contributed by atoms with van der Waals surface area (Å²) in [7, 11) is 0. The first-order valence-electron chi connectivity index (χ1n) is 2.00. The largest absolute Gasteiger partial charge is 0.632 e. The van der Waals surface area contributed by atoms with Crippen LogP contribution in [0, 0.1) is 20.2 Å². The molecule has 0 bridgehead atoms. The van der Waals surface area contributed by atoms with Crippen molar-refractivity contribution < 1.29 is 19.3 Å². The summed E-state index contributed by atoms with van der Waals surface area (Å²) in [5.74, 6) is -3.93.